The molecule has 2 atom stereocenters. The maximum absolute atomic E-state index is 12.4. The van der Waals surface area contributed by atoms with Crippen molar-refractivity contribution in [2.24, 2.45) is 11.8 Å². The standard InChI is InChI=1S/C15H27NO2/c1-3-16-11-12(2)14(17)13-6-9-18-15(10-13)7-4-5-8-15/h12-13,16H,3-11H2,1-2H3. The van der Waals surface area contributed by atoms with E-state index in [0.717, 1.165) is 32.5 Å². The molecule has 2 fully saturated rings. The zero-order valence-electron chi connectivity index (χ0n) is 11.8. The number of carbonyl (C=O) groups is 1. The lowest BCUT2D eigenvalue weighted by atomic mass is 9.79. The quantitative estimate of drug-likeness (QED) is 0.818. The van der Waals surface area contributed by atoms with E-state index in [4.69, 9.17) is 4.74 Å². The highest BCUT2D eigenvalue weighted by Gasteiger charge is 2.42. The van der Waals surface area contributed by atoms with E-state index < -0.39 is 0 Å². The molecule has 0 aromatic heterocycles. The van der Waals surface area contributed by atoms with E-state index >= 15 is 0 Å². The van der Waals surface area contributed by atoms with Crippen LogP contribution in [0.2, 0.25) is 0 Å². The van der Waals surface area contributed by atoms with Crippen molar-refractivity contribution in [1.29, 1.82) is 0 Å². The van der Waals surface area contributed by atoms with Crippen molar-refractivity contribution >= 4 is 5.78 Å². The highest BCUT2D eigenvalue weighted by atomic mass is 16.5. The Labute approximate surface area is 111 Å². The van der Waals surface area contributed by atoms with Crippen LogP contribution < -0.4 is 5.32 Å². The van der Waals surface area contributed by atoms with E-state index in [2.05, 4.69) is 19.2 Å². The fraction of sp³-hybridized carbons (Fsp3) is 0.933. The maximum atomic E-state index is 12.4. The van der Waals surface area contributed by atoms with Gasteiger partial charge in [-0.1, -0.05) is 26.7 Å². The summed E-state index contributed by atoms with van der Waals surface area (Å²) < 4.78 is 6.00. The fourth-order valence-corrected chi connectivity index (χ4v) is 3.50. The zero-order chi connectivity index (χ0) is 13.0. The molecule has 1 aliphatic heterocycles. The number of Topliss-reactive ketones (excluding diaryl/α,β-unsaturated/α-hetero) is 1. The van der Waals surface area contributed by atoms with E-state index in [1.165, 1.54) is 25.7 Å². The fourth-order valence-electron chi connectivity index (χ4n) is 3.50. The van der Waals surface area contributed by atoms with Crippen molar-refractivity contribution in [2.75, 3.05) is 19.7 Å². The van der Waals surface area contributed by atoms with Gasteiger partial charge >= 0.3 is 0 Å². The third-order valence-electron chi connectivity index (χ3n) is 4.60. The van der Waals surface area contributed by atoms with Gasteiger partial charge in [0, 0.05) is 25.0 Å². The van der Waals surface area contributed by atoms with Gasteiger partial charge in [0.2, 0.25) is 0 Å². The molecule has 3 nitrogen and oxygen atoms in total. The summed E-state index contributed by atoms with van der Waals surface area (Å²) in [6.07, 6.45) is 6.78. The topological polar surface area (TPSA) is 38.3 Å². The molecular weight excluding hydrogens is 226 g/mol. The summed E-state index contributed by atoms with van der Waals surface area (Å²) in [6, 6.07) is 0. The van der Waals surface area contributed by atoms with Gasteiger partial charge in [0.15, 0.2) is 0 Å². The summed E-state index contributed by atoms with van der Waals surface area (Å²) in [5.41, 5.74) is 0.0660. The maximum Gasteiger partial charge on any atom is 0.140 e. The van der Waals surface area contributed by atoms with Crippen LogP contribution in [0.4, 0.5) is 0 Å². The Morgan fingerprint density at radius 1 is 1.44 bits per heavy atom. The average molecular weight is 253 g/mol. The average Bonchev–Trinajstić information content (AvgIpc) is 2.83. The van der Waals surface area contributed by atoms with Crippen molar-refractivity contribution in [3.63, 3.8) is 0 Å². The summed E-state index contributed by atoms with van der Waals surface area (Å²) in [5.74, 6) is 0.836. The molecule has 0 aromatic rings. The SMILES string of the molecule is CCNCC(C)C(=O)C1CCOC2(CCCC2)C1. The Morgan fingerprint density at radius 3 is 2.83 bits per heavy atom. The third-order valence-corrected chi connectivity index (χ3v) is 4.60. The van der Waals surface area contributed by atoms with Crippen molar-refractivity contribution in [1.82, 2.24) is 5.32 Å². The van der Waals surface area contributed by atoms with E-state index in [1.54, 1.807) is 0 Å². The Kier molecular flexibility index (Phi) is 4.79. The molecule has 1 N–H and O–H groups in total. The molecule has 1 aliphatic carbocycles. The lowest BCUT2D eigenvalue weighted by Crippen LogP contribution is -2.42. The summed E-state index contributed by atoms with van der Waals surface area (Å²) in [4.78, 5) is 12.4. The Balaban J connectivity index is 1.89. The van der Waals surface area contributed by atoms with Gasteiger partial charge < -0.3 is 10.1 Å². The number of rotatable bonds is 5. The van der Waals surface area contributed by atoms with Gasteiger partial charge in [-0.25, -0.2) is 0 Å². The molecule has 1 spiro atoms. The van der Waals surface area contributed by atoms with Crippen LogP contribution in [0.1, 0.15) is 52.4 Å². The highest BCUT2D eigenvalue weighted by molar-refractivity contribution is 5.83. The van der Waals surface area contributed by atoms with Crippen LogP contribution in [0.25, 0.3) is 0 Å². The van der Waals surface area contributed by atoms with Crippen molar-refractivity contribution in [2.45, 2.75) is 58.0 Å². The first-order valence-corrected chi connectivity index (χ1v) is 7.55. The van der Waals surface area contributed by atoms with Crippen LogP contribution in [0, 0.1) is 11.8 Å². The van der Waals surface area contributed by atoms with Gasteiger partial charge in [-0.05, 0) is 32.2 Å². The van der Waals surface area contributed by atoms with Crippen LogP contribution in [0.15, 0.2) is 0 Å². The zero-order valence-corrected chi connectivity index (χ0v) is 11.8. The first kappa shape index (κ1) is 14.0. The van der Waals surface area contributed by atoms with Crippen LogP contribution in [-0.2, 0) is 9.53 Å². The lowest BCUT2D eigenvalue weighted by Gasteiger charge is -2.38. The molecule has 1 heterocycles. The normalized spacial score (nSPS) is 28.4. The molecule has 1 saturated heterocycles. The molecular formula is C15H27NO2. The summed E-state index contributed by atoms with van der Waals surface area (Å²) >= 11 is 0. The molecule has 0 aromatic carbocycles. The number of carbonyl (C=O) groups excluding carboxylic acids is 1. The molecule has 2 unspecified atom stereocenters. The number of hydrogen-bond acceptors (Lipinski definition) is 3. The van der Waals surface area contributed by atoms with Gasteiger partial charge in [0.05, 0.1) is 5.60 Å². The number of nitrogens with one attached hydrogen (secondary N) is 1. The van der Waals surface area contributed by atoms with Crippen LogP contribution in [0.3, 0.4) is 0 Å². The van der Waals surface area contributed by atoms with Gasteiger partial charge in [-0.2, -0.15) is 0 Å². The molecule has 18 heavy (non-hydrogen) atoms. The predicted octanol–water partition coefficient (Wildman–Crippen LogP) is 2.54. The van der Waals surface area contributed by atoms with Crippen molar-refractivity contribution in [3.8, 4) is 0 Å². The minimum absolute atomic E-state index is 0.0660. The summed E-state index contributed by atoms with van der Waals surface area (Å²) in [7, 11) is 0. The molecule has 2 rings (SSSR count). The highest BCUT2D eigenvalue weighted by Crippen LogP contribution is 2.42. The monoisotopic (exact) mass is 253 g/mol. The molecule has 0 bridgehead atoms. The second-order valence-electron chi connectivity index (χ2n) is 6.04. The van der Waals surface area contributed by atoms with Crippen molar-refractivity contribution in [3.05, 3.63) is 0 Å². The number of ether oxygens (including phenoxy) is 1. The summed E-state index contributed by atoms with van der Waals surface area (Å²) in [6.45, 7) is 6.68. The van der Waals surface area contributed by atoms with Gasteiger partial charge in [0.25, 0.3) is 0 Å². The van der Waals surface area contributed by atoms with E-state index in [0.29, 0.717) is 5.78 Å². The van der Waals surface area contributed by atoms with Crippen molar-refractivity contribution < 1.29 is 9.53 Å². The smallest absolute Gasteiger partial charge is 0.140 e. The number of hydrogen-bond donors (Lipinski definition) is 1. The van der Waals surface area contributed by atoms with E-state index in [1.807, 2.05) is 0 Å². The van der Waals surface area contributed by atoms with Crippen LogP contribution in [0.5, 0.6) is 0 Å². The van der Waals surface area contributed by atoms with Crippen LogP contribution >= 0.6 is 0 Å². The molecule has 0 radical (unpaired) electrons. The minimum atomic E-state index is 0.0660. The molecule has 0 amide bonds. The van der Waals surface area contributed by atoms with Gasteiger partial charge in [-0.3, -0.25) is 4.79 Å². The molecule has 104 valence electrons. The molecule has 1 saturated carbocycles. The first-order chi connectivity index (χ1) is 8.67. The van der Waals surface area contributed by atoms with Gasteiger partial charge in [-0.15, -0.1) is 0 Å². The number of ketones is 1. The second kappa shape index (κ2) is 6.16. The minimum Gasteiger partial charge on any atom is -0.375 e. The van der Waals surface area contributed by atoms with Gasteiger partial charge in [0.1, 0.15) is 5.78 Å². The Bertz CT molecular complexity index is 284. The van der Waals surface area contributed by atoms with Crippen LogP contribution in [-0.4, -0.2) is 31.1 Å². The second-order valence-corrected chi connectivity index (χ2v) is 6.04. The predicted molar refractivity (Wildman–Crippen MR) is 72.6 cm³/mol. The molecule has 2 aliphatic rings. The largest absolute Gasteiger partial charge is 0.375 e. The van der Waals surface area contributed by atoms with E-state index in [-0.39, 0.29) is 17.4 Å². The first-order valence-electron chi connectivity index (χ1n) is 7.55. The summed E-state index contributed by atoms with van der Waals surface area (Å²) in [5, 5.41) is 3.28. The lowest BCUT2D eigenvalue weighted by molar-refractivity contribution is -0.139. The van der Waals surface area contributed by atoms with E-state index in [9.17, 15) is 4.79 Å². The third kappa shape index (κ3) is 3.12. The Hall–Kier alpha value is -0.410. The molecule has 3 heteroatoms. The Morgan fingerprint density at radius 2 is 2.17 bits per heavy atom.